The molecular weight excluding hydrogens is 316 g/mol. The van der Waals surface area contributed by atoms with Crippen molar-refractivity contribution in [3.8, 4) is 11.1 Å². The molecule has 0 aliphatic carbocycles. The summed E-state index contributed by atoms with van der Waals surface area (Å²) in [7, 11) is 0. The van der Waals surface area contributed by atoms with Gasteiger partial charge in [0.05, 0.1) is 5.56 Å². The second kappa shape index (κ2) is 4.91. The van der Waals surface area contributed by atoms with E-state index in [0.29, 0.717) is 11.1 Å². The quantitative estimate of drug-likeness (QED) is 0.598. The Morgan fingerprint density at radius 1 is 1.00 bits per heavy atom. The van der Waals surface area contributed by atoms with Crippen LogP contribution in [0.3, 0.4) is 0 Å². The molecule has 0 saturated heterocycles. The van der Waals surface area contributed by atoms with Gasteiger partial charge < -0.3 is 4.42 Å². The van der Waals surface area contributed by atoms with E-state index in [-0.39, 0.29) is 5.63 Å². The molecule has 1 aromatic heterocycles. The summed E-state index contributed by atoms with van der Waals surface area (Å²) in [6.07, 6.45) is 0. The van der Waals surface area contributed by atoms with E-state index in [0.717, 1.165) is 26.5 Å². The highest BCUT2D eigenvalue weighted by Crippen LogP contribution is 2.33. The summed E-state index contributed by atoms with van der Waals surface area (Å²) in [5, 5.41) is 0.962. The Morgan fingerprint density at radius 3 is 2.40 bits per heavy atom. The fourth-order valence-electron chi connectivity index (χ4n) is 2.50. The van der Waals surface area contributed by atoms with Crippen molar-refractivity contribution in [3.05, 3.63) is 68.5 Å². The van der Waals surface area contributed by atoms with E-state index in [1.54, 1.807) is 0 Å². The first kappa shape index (κ1) is 13.1. The third kappa shape index (κ3) is 1.98. The van der Waals surface area contributed by atoms with Gasteiger partial charge in [0.1, 0.15) is 5.58 Å². The SMILES string of the molecule is Cc1ccc(Br)c2c(C)c(-c3ccccc3)c(=O)oc12. The van der Waals surface area contributed by atoms with E-state index in [4.69, 9.17) is 4.42 Å². The molecule has 3 rings (SSSR count). The Bertz CT molecular complexity index is 848. The summed E-state index contributed by atoms with van der Waals surface area (Å²) in [5.74, 6) is 0. The monoisotopic (exact) mass is 328 g/mol. The van der Waals surface area contributed by atoms with Crippen molar-refractivity contribution >= 4 is 26.9 Å². The number of rotatable bonds is 1. The summed E-state index contributed by atoms with van der Waals surface area (Å²) < 4.78 is 6.50. The van der Waals surface area contributed by atoms with E-state index in [2.05, 4.69) is 15.9 Å². The zero-order valence-electron chi connectivity index (χ0n) is 11.2. The minimum Gasteiger partial charge on any atom is -0.422 e. The number of fused-ring (bicyclic) bond motifs is 1. The van der Waals surface area contributed by atoms with Crippen molar-refractivity contribution in [2.75, 3.05) is 0 Å². The number of aryl methyl sites for hydroxylation is 2. The highest BCUT2D eigenvalue weighted by molar-refractivity contribution is 9.10. The summed E-state index contributed by atoms with van der Waals surface area (Å²) in [4.78, 5) is 12.3. The van der Waals surface area contributed by atoms with Crippen LogP contribution >= 0.6 is 15.9 Å². The van der Waals surface area contributed by atoms with Gasteiger partial charge in [-0.3, -0.25) is 0 Å². The van der Waals surface area contributed by atoms with Gasteiger partial charge in [-0.25, -0.2) is 4.79 Å². The molecule has 1 heterocycles. The van der Waals surface area contributed by atoms with Gasteiger partial charge in [0.2, 0.25) is 0 Å². The number of hydrogen-bond acceptors (Lipinski definition) is 2. The molecule has 0 spiro atoms. The molecule has 2 nitrogen and oxygen atoms in total. The Morgan fingerprint density at radius 2 is 1.70 bits per heavy atom. The Kier molecular flexibility index (Phi) is 3.22. The largest absolute Gasteiger partial charge is 0.422 e. The van der Waals surface area contributed by atoms with Crippen molar-refractivity contribution < 1.29 is 4.42 Å². The van der Waals surface area contributed by atoms with Crippen LogP contribution < -0.4 is 5.63 Å². The van der Waals surface area contributed by atoms with Gasteiger partial charge in [0.25, 0.3) is 0 Å². The second-order valence-corrected chi connectivity index (χ2v) is 5.68. The smallest absolute Gasteiger partial charge is 0.344 e. The normalized spacial score (nSPS) is 10.9. The summed E-state index contributed by atoms with van der Waals surface area (Å²) in [6.45, 7) is 3.91. The first-order valence-corrected chi connectivity index (χ1v) is 7.17. The molecule has 0 N–H and O–H groups in total. The van der Waals surface area contributed by atoms with Gasteiger partial charge in [-0.2, -0.15) is 0 Å². The maximum Gasteiger partial charge on any atom is 0.344 e. The van der Waals surface area contributed by atoms with Gasteiger partial charge in [-0.05, 0) is 36.6 Å². The van der Waals surface area contributed by atoms with Gasteiger partial charge in [0, 0.05) is 9.86 Å². The lowest BCUT2D eigenvalue weighted by atomic mass is 9.99. The molecule has 0 amide bonds. The van der Waals surface area contributed by atoms with Gasteiger partial charge >= 0.3 is 5.63 Å². The minimum absolute atomic E-state index is 0.289. The van der Waals surface area contributed by atoms with E-state index < -0.39 is 0 Å². The molecule has 0 radical (unpaired) electrons. The third-order valence-electron chi connectivity index (χ3n) is 3.52. The van der Waals surface area contributed by atoms with Crippen LogP contribution in [0.1, 0.15) is 11.1 Å². The number of hydrogen-bond donors (Lipinski definition) is 0. The molecule has 0 atom stereocenters. The van der Waals surface area contributed by atoms with Gasteiger partial charge in [-0.1, -0.05) is 52.3 Å². The van der Waals surface area contributed by atoms with Crippen molar-refractivity contribution in [1.29, 1.82) is 0 Å². The van der Waals surface area contributed by atoms with E-state index >= 15 is 0 Å². The first-order valence-electron chi connectivity index (χ1n) is 6.37. The molecule has 0 fully saturated rings. The van der Waals surface area contributed by atoms with Gasteiger partial charge in [-0.15, -0.1) is 0 Å². The zero-order chi connectivity index (χ0) is 14.3. The van der Waals surface area contributed by atoms with Gasteiger partial charge in [0.15, 0.2) is 0 Å². The molecule has 20 heavy (non-hydrogen) atoms. The summed E-state index contributed by atoms with van der Waals surface area (Å²) in [5.41, 5.74) is 3.78. The third-order valence-corrected chi connectivity index (χ3v) is 4.18. The predicted molar refractivity (Wildman–Crippen MR) is 85.1 cm³/mol. The maximum absolute atomic E-state index is 12.3. The lowest BCUT2D eigenvalue weighted by Crippen LogP contribution is -2.06. The van der Waals surface area contributed by atoms with Crippen LogP contribution in [-0.2, 0) is 0 Å². The zero-order valence-corrected chi connectivity index (χ0v) is 12.8. The first-order chi connectivity index (χ1) is 9.59. The van der Waals surface area contributed by atoms with Crippen LogP contribution in [-0.4, -0.2) is 0 Å². The molecule has 0 aliphatic heterocycles. The standard InChI is InChI=1S/C17H13BrO2/c1-10-8-9-13(18)15-11(2)14(17(19)20-16(10)15)12-6-4-3-5-7-12/h3-9H,1-2H3. The van der Waals surface area contributed by atoms with Crippen molar-refractivity contribution in [3.63, 3.8) is 0 Å². The molecule has 3 heteroatoms. The van der Waals surface area contributed by atoms with Crippen LogP contribution in [0, 0.1) is 13.8 Å². The Labute approximate surface area is 125 Å². The minimum atomic E-state index is -0.289. The summed E-state index contributed by atoms with van der Waals surface area (Å²) >= 11 is 3.55. The van der Waals surface area contributed by atoms with Crippen molar-refractivity contribution in [1.82, 2.24) is 0 Å². The summed E-state index contributed by atoms with van der Waals surface area (Å²) in [6, 6.07) is 13.6. The van der Waals surface area contributed by atoms with Crippen molar-refractivity contribution in [2.24, 2.45) is 0 Å². The van der Waals surface area contributed by atoms with Crippen LogP contribution in [0.15, 0.2) is 56.1 Å². The average molecular weight is 329 g/mol. The molecule has 0 bridgehead atoms. The lowest BCUT2D eigenvalue weighted by molar-refractivity contribution is 0.560. The number of benzene rings is 2. The average Bonchev–Trinajstić information content (AvgIpc) is 2.44. The molecular formula is C17H13BrO2. The maximum atomic E-state index is 12.3. The van der Waals surface area contributed by atoms with Crippen molar-refractivity contribution in [2.45, 2.75) is 13.8 Å². The highest BCUT2D eigenvalue weighted by Gasteiger charge is 2.16. The number of halogens is 1. The van der Waals surface area contributed by atoms with Crippen LogP contribution in [0.5, 0.6) is 0 Å². The van der Waals surface area contributed by atoms with E-state index in [9.17, 15) is 4.79 Å². The molecule has 100 valence electrons. The lowest BCUT2D eigenvalue weighted by Gasteiger charge is -2.10. The predicted octanol–water partition coefficient (Wildman–Crippen LogP) is 4.84. The van der Waals surface area contributed by atoms with Crippen LogP contribution in [0.25, 0.3) is 22.1 Å². The van der Waals surface area contributed by atoms with E-state index in [1.165, 1.54) is 0 Å². The fraction of sp³-hybridized carbons (Fsp3) is 0.118. The second-order valence-electron chi connectivity index (χ2n) is 4.82. The molecule has 2 aromatic carbocycles. The van der Waals surface area contributed by atoms with E-state index in [1.807, 2.05) is 56.3 Å². The molecule has 0 unspecified atom stereocenters. The fourth-order valence-corrected chi connectivity index (χ4v) is 3.11. The van der Waals surface area contributed by atoms with Crippen LogP contribution in [0.2, 0.25) is 0 Å². The Balaban J connectivity index is 2.47. The topological polar surface area (TPSA) is 30.2 Å². The highest BCUT2D eigenvalue weighted by atomic mass is 79.9. The van der Waals surface area contributed by atoms with Crippen LogP contribution in [0.4, 0.5) is 0 Å². The molecule has 0 saturated carbocycles. The molecule has 0 aliphatic rings. The Hall–Kier alpha value is -1.87. The molecule has 3 aromatic rings.